The van der Waals surface area contributed by atoms with Crippen molar-refractivity contribution in [2.45, 2.75) is 0 Å². The number of carbonyl (C=O) groups excluding carboxylic acids is 1. The van der Waals surface area contributed by atoms with E-state index in [4.69, 9.17) is 4.98 Å². The van der Waals surface area contributed by atoms with Crippen LogP contribution in [0.1, 0.15) is 10.5 Å². The second-order valence-corrected chi connectivity index (χ2v) is 7.59. The van der Waals surface area contributed by atoms with Gasteiger partial charge in [-0.2, -0.15) is 5.10 Å². The maximum atomic E-state index is 12.9. The summed E-state index contributed by atoms with van der Waals surface area (Å²) in [5.74, 6) is -0.109. The number of aromatic nitrogens is 3. The van der Waals surface area contributed by atoms with Gasteiger partial charge in [0.1, 0.15) is 0 Å². The van der Waals surface area contributed by atoms with Crippen LogP contribution in [0.2, 0.25) is 0 Å². The molecule has 0 unspecified atom stereocenters. The molecule has 2 aromatic heterocycles. The largest absolute Gasteiger partial charge is 0.339 e. The van der Waals surface area contributed by atoms with Crippen LogP contribution in [0.3, 0.4) is 0 Å². The normalized spacial score (nSPS) is 11.2. The first-order chi connectivity index (χ1) is 14.5. The van der Waals surface area contributed by atoms with E-state index in [2.05, 4.69) is 10.00 Å². The van der Waals surface area contributed by atoms with E-state index in [1.165, 1.54) is 0 Å². The summed E-state index contributed by atoms with van der Waals surface area (Å²) in [5, 5.41) is 4.62. The molecule has 0 aliphatic carbocycles. The van der Waals surface area contributed by atoms with E-state index in [0.29, 0.717) is 17.9 Å². The molecule has 0 atom stereocenters. The lowest BCUT2D eigenvalue weighted by Gasteiger charge is -2.18. The fourth-order valence-corrected chi connectivity index (χ4v) is 3.30. The molecular formula is C24H25N5O. The van der Waals surface area contributed by atoms with Crippen molar-refractivity contribution in [2.24, 2.45) is 0 Å². The summed E-state index contributed by atoms with van der Waals surface area (Å²) in [7, 11) is 5.78. The van der Waals surface area contributed by atoms with Crippen LogP contribution >= 0.6 is 0 Å². The predicted molar refractivity (Wildman–Crippen MR) is 119 cm³/mol. The Hall–Kier alpha value is -3.51. The highest BCUT2D eigenvalue weighted by atomic mass is 16.2. The summed E-state index contributed by atoms with van der Waals surface area (Å²) in [6.45, 7) is 1.43. The van der Waals surface area contributed by atoms with Crippen molar-refractivity contribution in [1.29, 1.82) is 0 Å². The van der Waals surface area contributed by atoms with E-state index in [-0.39, 0.29) is 5.91 Å². The van der Waals surface area contributed by atoms with E-state index in [0.717, 1.165) is 29.1 Å². The zero-order valence-corrected chi connectivity index (χ0v) is 17.5. The number of likely N-dealkylation sites (N-methyl/N-ethyl adjacent to an activating group) is 2. The number of nitrogens with zero attached hydrogens (tertiary/aromatic N) is 5. The van der Waals surface area contributed by atoms with E-state index >= 15 is 0 Å². The minimum absolute atomic E-state index is 0.109. The van der Waals surface area contributed by atoms with Crippen molar-refractivity contribution in [3.05, 3.63) is 78.5 Å². The molecule has 0 radical (unpaired) electrons. The lowest BCUT2D eigenvalue weighted by Crippen LogP contribution is -2.33. The molecule has 0 spiro atoms. The van der Waals surface area contributed by atoms with Crippen LogP contribution in [0.15, 0.2) is 72.8 Å². The number of amides is 1. The first-order valence-corrected chi connectivity index (χ1v) is 9.95. The average Bonchev–Trinajstić information content (AvgIpc) is 3.21. The summed E-state index contributed by atoms with van der Waals surface area (Å²) in [5.41, 5.74) is 4.83. The fraction of sp³-hybridized carbons (Fsp3) is 0.208. The smallest absolute Gasteiger partial charge is 0.274 e. The summed E-state index contributed by atoms with van der Waals surface area (Å²) >= 11 is 0. The Balaban J connectivity index is 1.81. The predicted octanol–water partition coefficient (Wildman–Crippen LogP) is 3.70. The van der Waals surface area contributed by atoms with E-state index in [9.17, 15) is 4.79 Å². The standard InChI is InChI=1S/C24H25N5O/c1-27(2)14-15-28(3)24(30)21-17-23-25-20(18-10-6-4-7-11-18)16-22(29(23)26-21)19-12-8-5-9-13-19/h4-13,16-17H,14-15H2,1-3H3. The summed E-state index contributed by atoms with van der Waals surface area (Å²) in [6.07, 6.45) is 0. The SMILES string of the molecule is CN(C)CCN(C)C(=O)c1cc2nc(-c3ccccc3)cc(-c3ccccc3)n2n1. The molecule has 0 saturated carbocycles. The van der Waals surface area contributed by atoms with Crippen LogP contribution < -0.4 is 0 Å². The third-order valence-electron chi connectivity index (χ3n) is 5.01. The zero-order chi connectivity index (χ0) is 21.1. The highest BCUT2D eigenvalue weighted by Gasteiger charge is 2.19. The number of hydrogen-bond acceptors (Lipinski definition) is 4. The molecule has 30 heavy (non-hydrogen) atoms. The summed E-state index contributed by atoms with van der Waals surface area (Å²) in [6, 6.07) is 23.9. The highest BCUT2D eigenvalue weighted by molar-refractivity contribution is 5.93. The molecule has 2 heterocycles. The van der Waals surface area contributed by atoms with Gasteiger partial charge in [0.2, 0.25) is 0 Å². The van der Waals surface area contributed by atoms with Crippen molar-refractivity contribution in [2.75, 3.05) is 34.2 Å². The first kappa shape index (κ1) is 19.8. The van der Waals surface area contributed by atoms with Crippen molar-refractivity contribution < 1.29 is 4.79 Å². The van der Waals surface area contributed by atoms with Crippen LogP contribution in [-0.4, -0.2) is 64.5 Å². The first-order valence-electron chi connectivity index (χ1n) is 9.95. The monoisotopic (exact) mass is 399 g/mol. The molecule has 6 nitrogen and oxygen atoms in total. The molecule has 4 aromatic rings. The van der Waals surface area contributed by atoms with Gasteiger partial charge in [0, 0.05) is 37.3 Å². The average molecular weight is 399 g/mol. The number of fused-ring (bicyclic) bond motifs is 1. The number of benzene rings is 2. The Labute approximate surface area is 176 Å². The van der Waals surface area contributed by atoms with Gasteiger partial charge in [0.15, 0.2) is 11.3 Å². The number of hydrogen-bond donors (Lipinski definition) is 0. The Kier molecular flexibility index (Phi) is 5.59. The molecule has 0 aliphatic heterocycles. The molecule has 0 aliphatic rings. The van der Waals surface area contributed by atoms with Gasteiger partial charge >= 0.3 is 0 Å². The Morgan fingerprint density at radius 2 is 1.50 bits per heavy atom. The Morgan fingerprint density at radius 1 is 0.867 bits per heavy atom. The molecule has 6 heteroatoms. The Morgan fingerprint density at radius 3 is 2.13 bits per heavy atom. The van der Waals surface area contributed by atoms with Gasteiger partial charge in [0.25, 0.3) is 5.91 Å². The maximum absolute atomic E-state index is 12.9. The molecule has 0 saturated heterocycles. The van der Waals surface area contributed by atoms with Gasteiger partial charge in [-0.3, -0.25) is 4.79 Å². The minimum atomic E-state index is -0.109. The van der Waals surface area contributed by atoms with Crippen LogP contribution in [0.25, 0.3) is 28.2 Å². The van der Waals surface area contributed by atoms with E-state index < -0.39 is 0 Å². The number of rotatable bonds is 6. The van der Waals surface area contributed by atoms with Crippen LogP contribution in [0.4, 0.5) is 0 Å². The third-order valence-corrected chi connectivity index (χ3v) is 5.01. The van der Waals surface area contributed by atoms with Gasteiger partial charge in [-0.05, 0) is 20.2 Å². The van der Waals surface area contributed by atoms with Crippen LogP contribution in [-0.2, 0) is 0 Å². The molecule has 4 rings (SSSR count). The molecule has 1 amide bonds. The van der Waals surface area contributed by atoms with Gasteiger partial charge < -0.3 is 9.80 Å². The van der Waals surface area contributed by atoms with E-state index in [1.54, 1.807) is 22.5 Å². The van der Waals surface area contributed by atoms with Crippen molar-refractivity contribution in [3.8, 4) is 22.5 Å². The van der Waals surface area contributed by atoms with Gasteiger partial charge in [0.05, 0.1) is 11.4 Å². The third kappa shape index (κ3) is 4.09. The van der Waals surface area contributed by atoms with Gasteiger partial charge in [-0.25, -0.2) is 9.50 Å². The zero-order valence-electron chi connectivity index (χ0n) is 17.5. The van der Waals surface area contributed by atoms with Crippen molar-refractivity contribution in [1.82, 2.24) is 24.4 Å². The molecule has 0 fully saturated rings. The van der Waals surface area contributed by atoms with Crippen LogP contribution in [0.5, 0.6) is 0 Å². The van der Waals surface area contributed by atoms with Crippen LogP contribution in [0, 0.1) is 0 Å². The van der Waals surface area contributed by atoms with Crippen molar-refractivity contribution >= 4 is 11.6 Å². The quantitative estimate of drug-likeness (QED) is 0.496. The second-order valence-electron chi connectivity index (χ2n) is 7.59. The van der Waals surface area contributed by atoms with Gasteiger partial charge in [-0.1, -0.05) is 60.7 Å². The fourth-order valence-electron chi connectivity index (χ4n) is 3.30. The topological polar surface area (TPSA) is 53.7 Å². The lowest BCUT2D eigenvalue weighted by atomic mass is 10.1. The molecule has 2 aromatic carbocycles. The lowest BCUT2D eigenvalue weighted by molar-refractivity contribution is 0.0780. The summed E-state index contributed by atoms with van der Waals surface area (Å²) < 4.78 is 1.76. The number of carbonyl (C=O) groups is 1. The second kappa shape index (κ2) is 8.47. The van der Waals surface area contributed by atoms with Crippen molar-refractivity contribution in [3.63, 3.8) is 0 Å². The van der Waals surface area contributed by atoms with E-state index in [1.807, 2.05) is 80.8 Å². The highest BCUT2D eigenvalue weighted by Crippen LogP contribution is 2.26. The molecule has 0 bridgehead atoms. The summed E-state index contributed by atoms with van der Waals surface area (Å²) in [4.78, 5) is 21.5. The Bertz CT molecular complexity index is 1150. The molecule has 152 valence electrons. The molecule has 0 N–H and O–H groups in total. The minimum Gasteiger partial charge on any atom is -0.339 e. The maximum Gasteiger partial charge on any atom is 0.274 e. The van der Waals surface area contributed by atoms with Gasteiger partial charge in [-0.15, -0.1) is 0 Å². The molecular weight excluding hydrogens is 374 g/mol.